The molecule has 0 aromatic carbocycles. The molecule has 3 saturated carbocycles. The van der Waals surface area contributed by atoms with E-state index in [2.05, 4.69) is 6.92 Å². The molecular weight excluding hydrogens is 344 g/mol. The van der Waals surface area contributed by atoms with Gasteiger partial charge in [-0.25, -0.2) is 0 Å². The van der Waals surface area contributed by atoms with Gasteiger partial charge in [0.25, 0.3) is 0 Å². The van der Waals surface area contributed by atoms with Crippen LogP contribution in [0.2, 0.25) is 0 Å². The molecule has 0 spiro atoms. The third-order valence-electron chi connectivity index (χ3n) is 7.89. The summed E-state index contributed by atoms with van der Waals surface area (Å²) < 4.78 is 11.0. The number of esters is 2. The molecular formula is C22H30O5. The van der Waals surface area contributed by atoms with Crippen LogP contribution >= 0.6 is 0 Å². The first-order valence-corrected chi connectivity index (χ1v) is 10.4. The Morgan fingerprint density at radius 1 is 1.04 bits per heavy atom. The van der Waals surface area contributed by atoms with Crippen molar-refractivity contribution in [2.45, 2.75) is 77.9 Å². The van der Waals surface area contributed by atoms with E-state index in [1.54, 1.807) is 6.08 Å². The van der Waals surface area contributed by atoms with Gasteiger partial charge in [-0.2, -0.15) is 0 Å². The fourth-order valence-corrected chi connectivity index (χ4v) is 6.81. The summed E-state index contributed by atoms with van der Waals surface area (Å²) in [5.74, 6) is 1.48. The standard InChI is InChI=1S/C22H30O5/c1-12(23)26-20-11-17-14(10-19(20)25)4-5-16-15(17)8-9-22(3)18(16)6-7-21(22)27-13(2)24/h10,15-18,20-21H,4-9,11H2,1-3H3/t15-,16+,17-,18+,20+,21+,22+/m0/s1. The molecule has 0 saturated heterocycles. The normalized spacial score (nSPS) is 43.1. The van der Waals surface area contributed by atoms with Crippen molar-refractivity contribution in [2.75, 3.05) is 0 Å². The Balaban J connectivity index is 1.55. The second-order valence-electron chi connectivity index (χ2n) is 9.25. The van der Waals surface area contributed by atoms with Crippen LogP contribution in [-0.2, 0) is 23.9 Å². The summed E-state index contributed by atoms with van der Waals surface area (Å²) >= 11 is 0. The second kappa shape index (κ2) is 6.75. The molecule has 0 aromatic heterocycles. The maximum Gasteiger partial charge on any atom is 0.303 e. The van der Waals surface area contributed by atoms with Gasteiger partial charge in [-0.1, -0.05) is 12.5 Å². The third kappa shape index (κ3) is 3.13. The van der Waals surface area contributed by atoms with Gasteiger partial charge < -0.3 is 9.47 Å². The lowest BCUT2D eigenvalue weighted by Crippen LogP contribution is -2.49. The molecule has 0 N–H and O–H groups in total. The molecule has 3 fully saturated rings. The summed E-state index contributed by atoms with van der Waals surface area (Å²) in [6.07, 6.45) is 8.16. The number of carbonyl (C=O) groups excluding carboxylic acids is 3. The third-order valence-corrected chi connectivity index (χ3v) is 7.89. The highest BCUT2D eigenvalue weighted by molar-refractivity contribution is 5.96. The molecule has 0 aliphatic heterocycles. The smallest absolute Gasteiger partial charge is 0.303 e. The van der Waals surface area contributed by atoms with E-state index in [1.165, 1.54) is 19.4 Å². The van der Waals surface area contributed by atoms with E-state index in [9.17, 15) is 14.4 Å². The summed E-state index contributed by atoms with van der Waals surface area (Å²) in [6.45, 7) is 5.19. The number of rotatable bonds is 2. The maximum absolute atomic E-state index is 12.3. The molecule has 148 valence electrons. The van der Waals surface area contributed by atoms with Gasteiger partial charge in [-0.15, -0.1) is 0 Å². The molecule has 0 bridgehead atoms. The van der Waals surface area contributed by atoms with Gasteiger partial charge in [-0.05, 0) is 74.7 Å². The lowest BCUT2D eigenvalue weighted by molar-refractivity contribution is -0.158. The predicted molar refractivity (Wildman–Crippen MR) is 98.6 cm³/mol. The van der Waals surface area contributed by atoms with Crippen molar-refractivity contribution in [3.05, 3.63) is 11.6 Å². The summed E-state index contributed by atoms with van der Waals surface area (Å²) in [6, 6.07) is 0. The van der Waals surface area contributed by atoms with Gasteiger partial charge in [-0.3, -0.25) is 14.4 Å². The Hall–Kier alpha value is -1.65. The monoisotopic (exact) mass is 374 g/mol. The SMILES string of the molecule is CC(=O)O[C@@H]1C[C@H]2C(=CC1=O)CC[C@@H]1[C@@H]2CC[C@]2(C)[C@@H]1CC[C@H]2OC(C)=O. The first-order valence-electron chi connectivity index (χ1n) is 10.4. The zero-order valence-corrected chi connectivity index (χ0v) is 16.5. The molecule has 0 radical (unpaired) electrons. The van der Waals surface area contributed by atoms with Crippen molar-refractivity contribution in [3.63, 3.8) is 0 Å². The topological polar surface area (TPSA) is 69.7 Å². The minimum Gasteiger partial charge on any atom is -0.462 e. The van der Waals surface area contributed by atoms with Crippen LogP contribution in [0.25, 0.3) is 0 Å². The van der Waals surface area contributed by atoms with Crippen molar-refractivity contribution in [2.24, 2.45) is 29.1 Å². The lowest BCUT2D eigenvalue weighted by atomic mass is 9.52. The highest BCUT2D eigenvalue weighted by atomic mass is 16.5. The number of ketones is 1. The number of carbonyl (C=O) groups is 3. The largest absolute Gasteiger partial charge is 0.462 e. The minimum atomic E-state index is -0.610. The van der Waals surface area contributed by atoms with Crippen LogP contribution in [0.5, 0.6) is 0 Å². The van der Waals surface area contributed by atoms with E-state index >= 15 is 0 Å². The molecule has 5 nitrogen and oxygen atoms in total. The average molecular weight is 374 g/mol. The predicted octanol–water partition coefficient (Wildman–Crippen LogP) is 3.60. The summed E-state index contributed by atoms with van der Waals surface area (Å²) in [5.41, 5.74) is 1.34. The van der Waals surface area contributed by atoms with Crippen LogP contribution in [0.4, 0.5) is 0 Å². The molecule has 5 heteroatoms. The van der Waals surface area contributed by atoms with Crippen molar-refractivity contribution in [3.8, 4) is 0 Å². The van der Waals surface area contributed by atoms with E-state index in [0.717, 1.165) is 38.5 Å². The number of hydrogen-bond acceptors (Lipinski definition) is 5. The van der Waals surface area contributed by atoms with Crippen LogP contribution in [-0.4, -0.2) is 29.9 Å². The Kier molecular flexibility index (Phi) is 4.68. The quantitative estimate of drug-likeness (QED) is 0.691. The van der Waals surface area contributed by atoms with E-state index < -0.39 is 6.10 Å². The van der Waals surface area contributed by atoms with Crippen LogP contribution in [0.1, 0.15) is 65.7 Å². The van der Waals surface area contributed by atoms with Crippen LogP contribution < -0.4 is 0 Å². The molecule has 27 heavy (non-hydrogen) atoms. The molecule has 7 atom stereocenters. The number of hydrogen-bond donors (Lipinski definition) is 0. The molecule has 0 amide bonds. The van der Waals surface area contributed by atoms with Crippen molar-refractivity contribution in [1.29, 1.82) is 0 Å². The van der Waals surface area contributed by atoms with Crippen LogP contribution in [0.15, 0.2) is 11.6 Å². The summed E-state index contributed by atoms with van der Waals surface area (Å²) in [7, 11) is 0. The van der Waals surface area contributed by atoms with E-state index in [0.29, 0.717) is 30.1 Å². The fraction of sp³-hybridized carbons (Fsp3) is 0.773. The van der Waals surface area contributed by atoms with Crippen LogP contribution in [0.3, 0.4) is 0 Å². The van der Waals surface area contributed by atoms with Crippen molar-refractivity contribution >= 4 is 17.7 Å². The minimum absolute atomic E-state index is 0.0413. The van der Waals surface area contributed by atoms with Gasteiger partial charge in [0, 0.05) is 19.3 Å². The summed E-state index contributed by atoms with van der Waals surface area (Å²) in [4.78, 5) is 35.2. The Morgan fingerprint density at radius 2 is 1.78 bits per heavy atom. The number of allylic oxidation sites excluding steroid dienone is 1. The first kappa shape index (κ1) is 18.7. The molecule has 0 heterocycles. The van der Waals surface area contributed by atoms with E-state index in [4.69, 9.17) is 9.47 Å². The van der Waals surface area contributed by atoms with Gasteiger partial charge in [0.1, 0.15) is 6.10 Å². The number of ether oxygens (including phenoxy) is 2. The highest BCUT2D eigenvalue weighted by Crippen LogP contribution is 2.62. The second-order valence-corrected chi connectivity index (χ2v) is 9.25. The van der Waals surface area contributed by atoms with Gasteiger partial charge >= 0.3 is 11.9 Å². The zero-order chi connectivity index (χ0) is 19.3. The Morgan fingerprint density at radius 3 is 2.48 bits per heavy atom. The van der Waals surface area contributed by atoms with Gasteiger partial charge in [0.2, 0.25) is 0 Å². The number of fused-ring (bicyclic) bond motifs is 5. The zero-order valence-electron chi connectivity index (χ0n) is 16.5. The molecule has 4 aliphatic carbocycles. The Bertz CT molecular complexity index is 695. The molecule has 4 rings (SSSR count). The maximum atomic E-state index is 12.3. The molecule has 0 aromatic rings. The van der Waals surface area contributed by atoms with Crippen LogP contribution in [0, 0.1) is 29.1 Å². The fourth-order valence-electron chi connectivity index (χ4n) is 6.81. The molecule has 0 unspecified atom stereocenters. The Labute approximate surface area is 160 Å². The summed E-state index contributed by atoms with van der Waals surface area (Å²) in [5, 5.41) is 0. The van der Waals surface area contributed by atoms with Gasteiger partial charge in [0.15, 0.2) is 11.9 Å². The van der Waals surface area contributed by atoms with Gasteiger partial charge in [0.05, 0.1) is 0 Å². The van der Waals surface area contributed by atoms with E-state index in [-0.39, 0.29) is 29.2 Å². The van der Waals surface area contributed by atoms with Crippen molar-refractivity contribution in [1.82, 2.24) is 0 Å². The highest BCUT2D eigenvalue weighted by Gasteiger charge is 2.57. The first-order chi connectivity index (χ1) is 12.8. The van der Waals surface area contributed by atoms with Crippen molar-refractivity contribution < 1.29 is 23.9 Å². The lowest BCUT2D eigenvalue weighted by Gasteiger charge is -2.53. The molecule has 4 aliphatic rings. The van der Waals surface area contributed by atoms with E-state index in [1.807, 2.05) is 0 Å². The average Bonchev–Trinajstić information content (AvgIpc) is 2.91.